The van der Waals surface area contributed by atoms with Gasteiger partial charge in [-0.15, -0.1) is 0 Å². The number of nitrogens with zero attached hydrogens (tertiary/aromatic N) is 1. The van der Waals surface area contributed by atoms with E-state index in [1.54, 1.807) is 6.07 Å². The van der Waals surface area contributed by atoms with Crippen LogP contribution >= 0.6 is 0 Å². The molecule has 2 aliphatic carbocycles. The molecule has 2 saturated carbocycles. The minimum Gasteiger partial charge on any atom is -0.478 e. The van der Waals surface area contributed by atoms with E-state index in [0.717, 1.165) is 24.9 Å². The second kappa shape index (κ2) is 7.23. The van der Waals surface area contributed by atoms with Gasteiger partial charge in [0.15, 0.2) is 0 Å². The first-order valence-electron chi connectivity index (χ1n) is 11.8. The number of fused-ring (bicyclic) bond motifs is 7. The summed E-state index contributed by atoms with van der Waals surface area (Å²) in [6, 6.07) is 14.4. The van der Waals surface area contributed by atoms with Gasteiger partial charge in [-0.05, 0) is 66.7 Å². The van der Waals surface area contributed by atoms with Gasteiger partial charge < -0.3 is 14.8 Å². The van der Waals surface area contributed by atoms with Crippen molar-refractivity contribution >= 4 is 16.9 Å². The Morgan fingerprint density at radius 3 is 2.61 bits per heavy atom. The number of aliphatic hydroxyl groups is 1. The predicted octanol–water partition coefficient (Wildman–Crippen LogP) is 5.92. The highest BCUT2D eigenvalue weighted by atomic mass is 16.4. The maximum atomic E-state index is 11.8. The van der Waals surface area contributed by atoms with Crippen molar-refractivity contribution in [2.24, 2.45) is 5.92 Å². The number of aromatic nitrogens is 1. The first-order valence-corrected chi connectivity index (χ1v) is 11.8. The summed E-state index contributed by atoms with van der Waals surface area (Å²) in [5.74, 6) is 0.392. The molecule has 1 aliphatic heterocycles. The minimum atomic E-state index is -0.875. The molecule has 0 bridgehead atoms. The van der Waals surface area contributed by atoms with Crippen LogP contribution in [0.1, 0.15) is 78.3 Å². The van der Waals surface area contributed by atoms with Crippen molar-refractivity contribution in [3.05, 3.63) is 59.2 Å². The van der Waals surface area contributed by atoms with Gasteiger partial charge in [-0.1, -0.05) is 49.6 Å². The van der Waals surface area contributed by atoms with Gasteiger partial charge in [0.2, 0.25) is 0 Å². The number of carbonyl (C=O) groups is 1. The van der Waals surface area contributed by atoms with Crippen LogP contribution in [0.5, 0.6) is 0 Å². The highest BCUT2D eigenvalue weighted by Gasteiger charge is 2.40. The molecule has 3 atom stereocenters. The SMILES string of the molecule is O=C(O)c1ccc2c(C3CCCCC3)c3n(c2c1)CC1C[C@H](O)CC1c1ccccc1-3. The number of hydrogen-bond donors (Lipinski definition) is 2. The molecule has 3 aromatic rings. The summed E-state index contributed by atoms with van der Waals surface area (Å²) in [5, 5.41) is 21.4. The van der Waals surface area contributed by atoms with Crippen LogP contribution in [0, 0.1) is 5.92 Å². The van der Waals surface area contributed by atoms with Gasteiger partial charge in [0.05, 0.1) is 17.4 Å². The number of aliphatic hydroxyl groups excluding tert-OH is 1. The number of benzene rings is 2. The lowest BCUT2D eigenvalue weighted by Gasteiger charge is -2.24. The van der Waals surface area contributed by atoms with E-state index in [1.165, 1.54) is 59.9 Å². The molecular formula is C27H29NO3. The Labute approximate surface area is 182 Å². The second-order valence-electron chi connectivity index (χ2n) is 9.82. The van der Waals surface area contributed by atoms with Gasteiger partial charge in [0.25, 0.3) is 0 Å². The van der Waals surface area contributed by atoms with E-state index in [4.69, 9.17) is 0 Å². The monoisotopic (exact) mass is 415 g/mol. The van der Waals surface area contributed by atoms with E-state index in [2.05, 4.69) is 28.8 Å². The highest BCUT2D eigenvalue weighted by Crippen LogP contribution is 2.52. The van der Waals surface area contributed by atoms with Crippen molar-refractivity contribution in [2.45, 2.75) is 69.4 Å². The van der Waals surface area contributed by atoms with E-state index in [9.17, 15) is 15.0 Å². The largest absolute Gasteiger partial charge is 0.478 e. The number of carboxylic acid groups (broad SMARTS) is 1. The number of hydrogen-bond acceptors (Lipinski definition) is 2. The summed E-state index contributed by atoms with van der Waals surface area (Å²) in [4.78, 5) is 11.8. The Bertz CT molecular complexity index is 1170. The fraction of sp³-hybridized carbons (Fsp3) is 0.444. The first-order chi connectivity index (χ1) is 15.1. The summed E-state index contributed by atoms with van der Waals surface area (Å²) >= 11 is 0. The molecule has 2 fully saturated rings. The maximum Gasteiger partial charge on any atom is 0.335 e. The molecule has 4 nitrogen and oxygen atoms in total. The molecule has 6 rings (SSSR count). The van der Waals surface area contributed by atoms with Crippen molar-refractivity contribution in [3.8, 4) is 11.3 Å². The molecule has 0 amide bonds. The quantitative estimate of drug-likeness (QED) is 0.546. The molecule has 1 aromatic heterocycles. The van der Waals surface area contributed by atoms with E-state index < -0.39 is 5.97 Å². The molecule has 4 heteroatoms. The van der Waals surface area contributed by atoms with Crippen molar-refractivity contribution < 1.29 is 15.0 Å². The highest BCUT2D eigenvalue weighted by molar-refractivity contribution is 5.98. The molecule has 2 heterocycles. The van der Waals surface area contributed by atoms with Crippen LogP contribution in [-0.2, 0) is 6.54 Å². The van der Waals surface area contributed by atoms with Gasteiger partial charge in [-0.2, -0.15) is 0 Å². The van der Waals surface area contributed by atoms with Gasteiger partial charge in [0.1, 0.15) is 0 Å². The Hall–Kier alpha value is -2.59. The zero-order valence-corrected chi connectivity index (χ0v) is 17.8. The molecule has 2 unspecified atom stereocenters. The molecule has 2 aromatic carbocycles. The lowest BCUT2D eigenvalue weighted by molar-refractivity contribution is 0.0697. The number of carboxylic acids is 1. The predicted molar refractivity (Wildman–Crippen MR) is 122 cm³/mol. The van der Waals surface area contributed by atoms with Crippen LogP contribution < -0.4 is 0 Å². The Kier molecular flexibility index (Phi) is 4.46. The summed E-state index contributed by atoms with van der Waals surface area (Å²) in [7, 11) is 0. The molecule has 0 radical (unpaired) electrons. The third-order valence-corrected chi connectivity index (χ3v) is 8.07. The van der Waals surface area contributed by atoms with Crippen molar-refractivity contribution in [1.82, 2.24) is 4.57 Å². The van der Waals surface area contributed by atoms with Crippen molar-refractivity contribution in [3.63, 3.8) is 0 Å². The standard InChI is InChI=1S/C27H29NO3/c29-19-12-18-15-28-24-13-17(27(30)31)10-11-22(24)25(16-6-2-1-3-7-16)26(28)21-9-5-4-8-20(21)23(18)14-19/h4-5,8-11,13,16,18-19,23,29H,1-3,6-7,12,14-15H2,(H,30,31)/t18?,19-,23?/m0/s1. The minimum absolute atomic E-state index is 0.251. The van der Waals surface area contributed by atoms with Crippen molar-refractivity contribution in [2.75, 3.05) is 0 Å². The molecule has 160 valence electrons. The fourth-order valence-corrected chi connectivity index (χ4v) is 6.74. The van der Waals surface area contributed by atoms with Crippen LogP contribution in [0.25, 0.3) is 22.2 Å². The van der Waals surface area contributed by atoms with Gasteiger partial charge >= 0.3 is 5.97 Å². The maximum absolute atomic E-state index is 11.8. The van der Waals surface area contributed by atoms with Crippen LogP contribution in [0.3, 0.4) is 0 Å². The van der Waals surface area contributed by atoms with Crippen molar-refractivity contribution in [1.29, 1.82) is 0 Å². The van der Waals surface area contributed by atoms with E-state index in [1.807, 2.05) is 12.1 Å². The Balaban J connectivity index is 1.67. The molecular weight excluding hydrogens is 386 g/mol. The topological polar surface area (TPSA) is 62.5 Å². The Morgan fingerprint density at radius 1 is 1.00 bits per heavy atom. The van der Waals surface area contributed by atoms with E-state index in [-0.39, 0.29) is 6.10 Å². The second-order valence-corrected chi connectivity index (χ2v) is 9.82. The zero-order valence-electron chi connectivity index (χ0n) is 17.8. The van der Waals surface area contributed by atoms with Gasteiger partial charge in [0, 0.05) is 23.0 Å². The number of rotatable bonds is 2. The normalized spacial score (nSPS) is 25.6. The molecule has 2 N–H and O–H groups in total. The average Bonchev–Trinajstić information content (AvgIpc) is 3.28. The molecule has 31 heavy (non-hydrogen) atoms. The lowest BCUT2D eigenvalue weighted by Crippen LogP contribution is -2.12. The van der Waals surface area contributed by atoms with E-state index >= 15 is 0 Å². The van der Waals surface area contributed by atoms with Gasteiger partial charge in [-0.25, -0.2) is 4.79 Å². The van der Waals surface area contributed by atoms with E-state index in [0.29, 0.717) is 23.3 Å². The summed E-state index contributed by atoms with van der Waals surface area (Å²) in [6.45, 7) is 0.845. The first kappa shape index (κ1) is 19.1. The molecule has 3 aliphatic rings. The van der Waals surface area contributed by atoms with Gasteiger partial charge in [-0.3, -0.25) is 0 Å². The van der Waals surface area contributed by atoms with Crippen LogP contribution in [0.15, 0.2) is 42.5 Å². The number of aromatic carboxylic acids is 1. The summed E-state index contributed by atoms with van der Waals surface area (Å²) in [6.07, 6.45) is 7.65. The van der Waals surface area contributed by atoms with Crippen LogP contribution in [-0.4, -0.2) is 26.9 Å². The summed E-state index contributed by atoms with van der Waals surface area (Å²) < 4.78 is 2.41. The van der Waals surface area contributed by atoms with Crippen LogP contribution in [0.2, 0.25) is 0 Å². The summed E-state index contributed by atoms with van der Waals surface area (Å²) in [5.41, 5.74) is 6.79. The molecule has 0 saturated heterocycles. The van der Waals surface area contributed by atoms with Crippen LogP contribution in [0.4, 0.5) is 0 Å². The Morgan fingerprint density at radius 2 is 1.81 bits per heavy atom. The smallest absolute Gasteiger partial charge is 0.335 e. The third kappa shape index (κ3) is 2.95. The zero-order chi connectivity index (χ0) is 21.1. The lowest BCUT2D eigenvalue weighted by atomic mass is 9.80. The third-order valence-electron chi connectivity index (χ3n) is 8.07. The fourth-order valence-electron chi connectivity index (χ4n) is 6.74. The molecule has 0 spiro atoms. The average molecular weight is 416 g/mol.